The third kappa shape index (κ3) is 8.03. The van der Waals surface area contributed by atoms with Crippen molar-refractivity contribution in [3.8, 4) is 0 Å². The number of methoxy groups -OCH3 is 2. The summed E-state index contributed by atoms with van der Waals surface area (Å²) in [6.45, 7) is 7.93. The number of hydrogen-bond acceptors (Lipinski definition) is 9. The third-order valence-corrected chi connectivity index (χ3v) is 8.33. The van der Waals surface area contributed by atoms with Gasteiger partial charge in [0.05, 0.1) is 24.0 Å². The molecule has 2 amide bonds. The molecule has 0 saturated carbocycles. The second kappa shape index (κ2) is 14.9. The van der Waals surface area contributed by atoms with Crippen molar-refractivity contribution < 1.29 is 38.5 Å². The van der Waals surface area contributed by atoms with Crippen LogP contribution in [-0.2, 0) is 28.6 Å². The van der Waals surface area contributed by atoms with Crippen LogP contribution in [0.4, 0.5) is 4.79 Å². The van der Waals surface area contributed by atoms with Gasteiger partial charge in [0.2, 0.25) is 5.78 Å². The molecule has 5 N–H and O–H groups in total. The summed E-state index contributed by atoms with van der Waals surface area (Å²) in [6, 6.07) is -0.207. The standard InChI is InChI=1S/C31H45N3O8/c1-16-12-20-26(21-10-11-33-21)23(35)15-22(28(20)37)34-30(38)17(2)8-7-9-24(40-5)29(42-31(32)39)19(4)14-18(3)27(36)25(13-16)41-6/h8,14-16,18,21,24-25,27,29,33,36H,7,9-13H2,1-6H3,(H2,32,39)(H,34,38)/b17-8+,19-14+/t16-,18+,21?,24+,25+,27-,29+/m1/s1. The van der Waals surface area contributed by atoms with Crippen LogP contribution in [0.1, 0.15) is 59.8 Å². The number of rotatable bonds is 4. The van der Waals surface area contributed by atoms with Crippen LogP contribution in [0.15, 0.2) is 46.2 Å². The normalized spacial score (nSPS) is 34.8. The Morgan fingerprint density at radius 2 is 1.74 bits per heavy atom. The lowest BCUT2D eigenvalue weighted by molar-refractivity contribution is -0.120. The second-order valence-electron chi connectivity index (χ2n) is 11.6. The first-order valence-electron chi connectivity index (χ1n) is 14.5. The predicted molar refractivity (Wildman–Crippen MR) is 156 cm³/mol. The summed E-state index contributed by atoms with van der Waals surface area (Å²) in [5.41, 5.74) is 7.15. The summed E-state index contributed by atoms with van der Waals surface area (Å²) >= 11 is 0. The SMILES string of the molecule is CO[C@H]1C[C@H](C)CC2=C(C3CCN3)C(=O)C=C(NC(=O)/C(C)=C/CC[C@H](OC)[C@@H](OC(N)=O)/C(C)=C/[C@H](C)[C@H]1O)C2=O. The monoisotopic (exact) mass is 587 g/mol. The zero-order valence-corrected chi connectivity index (χ0v) is 25.4. The van der Waals surface area contributed by atoms with Crippen molar-refractivity contribution in [1.29, 1.82) is 0 Å². The molecule has 1 unspecified atom stereocenters. The Labute approximate surface area is 247 Å². The Balaban J connectivity index is 2.02. The second-order valence-corrected chi connectivity index (χ2v) is 11.6. The molecule has 2 heterocycles. The molecular weight excluding hydrogens is 542 g/mol. The Morgan fingerprint density at radius 1 is 1.07 bits per heavy atom. The van der Waals surface area contributed by atoms with Crippen LogP contribution in [0.25, 0.3) is 0 Å². The van der Waals surface area contributed by atoms with Crippen molar-refractivity contribution >= 4 is 23.6 Å². The molecule has 0 aromatic carbocycles. The van der Waals surface area contributed by atoms with E-state index in [9.17, 15) is 24.3 Å². The van der Waals surface area contributed by atoms with Gasteiger partial charge in [0.25, 0.3) is 5.91 Å². The highest BCUT2D eigenvalue weighted by atomic mass is 16.6. The molecule has 0 spiro atoms. The van der Waals surface area contributed by atoms with Crippen LogP contribution in [-0.4, -0.2) is 79.9 Å². The lowest BCUT2D eigenvalue weighted by Gasteiger charge is -2.34. The van der Waals surface area contributed by atoms with Crippen molar-refractivity contribution in [2.24, 2.45) is 17.6 Å². The van der Waals surface area contributed by atoms with Gasteiger partial charge < -0.3 is 35.7 Å². The number of allylic oxidation sites excluding steroid dienone is 3. The van der Waals surface area contributed by atoms with Crippen LogP contribution in [0.2, 0.25) is 0 Å². The Bertz CT molecular complexity index is 1180. The van der Waals surface area contributed by atoms with Crippen LogP contribution in [0, 0.1) is 11.8 Å². The molecule has 11 nitrogen and oxygen atoms in total. The number of hydrogen-bond donors (Lipinski definition) is 4. The number of aliphatic hydroxyl groups excluding tert-OH is 1. The van der Waals surface area contributed by atoms with Crippen molar-refractivity contribution in [3.05, 3.63) is 46.2 Å². The van der Waals surface area contributed by atoms with Crippen molar-refractivity contribution in [3.63, 3.8) is 0 Å². The van der Waals surface area contributed by atoms with Crippen molar-refractivity contribution in [1.82, 2.24) is 10.6 Å². The number of carbonyl (C=O) groups excluding carboxylic acids is 4. The van der Waals surface area contributed by atoms with E-state index in [-0.39, 0.29) is 35.6 Å². The minimum atomic E-state index is -0.958. The Kier molecular flexibility index (Phi) is 11.8. The van der Waals surface area contributed by atoms with E-state index >= 15 is 0 Å². The third-order valence-electron chi connectivity index (χ3n) is 8.33. The minimum absolute atomic E-state index is 0.0533. The number of carbonyl (C=O) groups is 4. The van der Waals surface area contributed by atoms with Gasteiger partial charge in [-0.3, -0.25) is 14.4 Å². The number of ether oxygens (including phenoxy) is 3. The first-order chi connectivity index (χ1) is 19.9. The Hall–Kier alpha value is -3.12. The van der Waals surface area contributed by atoms with E-state index in [0.717, 1.165) is 13.0 Å². The van der Waals surface area contributed by atoms with Crippen LogP contribution in [0.5, 0.6) is 0 Å². The highest BCUT2D eigenvalue weighted by Gasteiger charge is 2.37. The van der Waals surface area contributed by atoms with Gasteiger partial charge in [0.1, 0.15) is 0 Å². The zero-order chi connectivity index (χ0) is 31.1. The topological polar surface area (TPSA) is 166 Å². The fraction of sp³-hybridized carbons (Fsp3) is 0.613. The van der Waals surface area contributed by atoms with Crippen LogP contribution < -0.4 is 16.4 Å². The zero-order valence-electron chi connectivity index (χ0n) is 25.4. The van der Waals surface area contributed by atoms with Gasteiger partial charge in [-0.2, -0.15) is 0 Å². The number of primary amides is 1. The number of fused-ring (bicyclic) bond motifs is 2. The molecule has 11 heteroatoms. The molecule has 0 aromatic rings. The lowest BCUT2D eigenvalue weighted by atomic mass is 9.79. The van der Waals surface area contributed by atoms with E-state index < -0.39 is 42.3 Å². The molecule has 7 atom stereocenters. The molecule has 42 heavy (non-hydrogen) atoms. The molecule has 2 bridgehead atoms. The van der Waals surface area contributed by atoms with Gasteiger partial charge in [-0.15, -0.1) is 0 Å². The minimum Gasteiger partial charge on any atom is -0.439 e. The van der Waals surface area contributed by atoms with Gasteiger partial charge in [0.15, 0.2) is 11.9 Å². The van der Waals surface area contributed by atoms with E-state index in [1.807, 2.05) is 19.9 Å². The average molecular weight is 588 g/mol. The molecule has 3 aliphatic rings. The summed E-state index contributed by atoms with van der Waals surface area (Å²) in [5.74, 6) is -1.71. The molecule has 3 rings (SSSR count). The maximum Gasteiger partial charge on any atom is 0.405 e. The maximum absolute atomic E-state index is 13.7. The molecule has 0 radical (unpaired) electrons. The first kappa shape index (κ1) is 33.4. The molecule has 0 aromatic heterocycles. The van der Waals surface area contributed by atoms with E-state index in [1.165, 1.54) is 20.3 Å². The van der Waals surface area contributed by atoms with Gasteiger partial charge in [-0.1, -0.05) is 26.0 Å². The lowest BCUT2D eigenvalue weighted by Crippen LogP contribution is -2.48. The average Bonchev–Trinajstić information content (AvgIpc) is 2.90. The van der Waals surface area contributed by atoms with Crippen molar-refractivity contribution in [2.45, 2.75) is 90.3 Å². The number of aliphatic hydroxyl groups is 1. The highest BCUT2D eigenvalue weighted by Crippen LogP contribution is 2.32. The molecule has 1 aliphatic carbocycles. The number of Topliss-reactive ketones (excluding diaryl/α,β-unsaturated/α-hetero) is 1. The number of nitrogens with two attached hydrogens (primary N) is 1. The van der Waals surface area contributed by atoms with E-state index in [1.54, 1.807) is 19.9 Å². The van der Waals surface area contributed by atoms with Crippen LogP contribution >= 0.6 is 0 Å². The molecule has 232 valence electrons. The number of amides is 2. The van der Waals surface area contributed by atoms with Crippen molar-refractivity contribution in [2.75, 3.05) is 20.8 Å². The number of nitrogens with one attached hydrogen (secondary N) is 2. The van der Waals surface area contributed by atoms with Gasteiger partial charge in [0, 0.05) is 49.0 Å². The summed E-state index contributed by atoms with van der Waals surface area (Å²) in [6.07, 6.45) is 3.05. The first-order valence-corrected chi connectivity index (χ1v) is 14.5. The maximum atomic E-state index is 13.7. The molecular formula is C31H45N3O8. The van der Waals surface area contributed by atoms with Gasteiger partial charge in [-0.05, 0) is 64.0 Å². The van der Waals surface area contributed by atoms with E-state index in [4.69, 9.17) is 19.9 Å². The quantitative estimate of drug-likeness (QED) is 0.285. The largest absolute Gasteiger partial charge is 0.439 e. The summed E-state index contributed by atoms with van der Waals surface area (Å²) in [5, 5.41) is 17.1. The van der Waals surface area contributed by atoms with E-state index in [2.05, 4.69) is 10.6 Å². The van der Waals surface area contributed by atoms with E-state index in [0.29, 0.717) is 41.6 Å². The summed E-state index contributed by atoms with van der Waals surface area (Å²) in [4.78, 5) is 51.7. The summed E-state index contributed by atoms with van der Waals surface area (Å²) < 4.78 is 16.8. The van der Waals surface area contributed by atoms with Gasteiger partial charge in [-0.25, -0.2) is 4.79 Å². The number of ketones is 2. The predicted octanol–water partition coefficient (Wildman–Crippen LogP) is 2.39. The van der Waals surface area contributed by atoms with Crippen LogP contribution in [0.3, 0.4) is 0 Å². The fourth-order valence-electron chi connectivity index (χ4n) is 5.83. The molecule has 2 aliphatic heterocycles. The summed E-state index contributed by atoms with van der Waals surface area (Å²) in [7, 11) is 3.01. The molecule has 1 saturated heterocycles. The molecule has 1 fully saturated rings. The Morgan fingerprint density at radius 3 is 2.31 bits per heavy atom. The fourth-order valence-corrected chi connectivity index (χ4v) is 5.83. The smallest absolute Gasteiger partial charge is 0.405 e. The highest BCUT2D eigenvalue weighted by molar-refractivity contribution is 6.24. The van der Waals surface area contributed by atoms with Gasteiger partial charge >= 0.3 is 6.09 Å².